The van der Waals surface area contributed by atoms with Crippen LogP contribution in [0.15, 0.2) is 30.3 Å². The number of halogens is 1. The van der Waals surface area contributed by atoms with Crippen molar-refractivity contribution in [2.24, 2.45) is 0 Å². The first-order valence-corrected chi connectivity index (χ1v) is 3.13. The van der Waals surface area contributed by atoms with Gasteiger partial charge < -0.3 is 4.89 Å². The highest BCUT2D eigenvalue weighted by Gasteiger charge is 1.74. The van der Waals surface area contributed by atoms with E-state index in [9.17, 15) is 0 Å². The molecule has 0 aliphatic heterocycles. The Labute approximate surface area is 69.1 Å². The molecule has 0 atom stereocenters. The first-order valence-electron chi connectivity index (χ1n) is 2.75. The molecule has 1 N–H and O–H groups in total. The van der Waals surface area contributed by atoms with Crippen molar-refractivity contribution in [3.63, 3.8) is 0 Å². The zero-order valence-electron chi connectivity index (χ0n) is 5.61. The van der Waals surface area contributed by atoms with Gasteiger partial charge in [-0.2, -0.15) is 0 Å². The van der Waals surface area contributed by atoms with E-state index in [4.69, 9.17) is 21.7 Å². The highest BCUT2D eigenvalue weighted by atomic mass is 35.5. The molecule has 0 unspecified atom stereocenters. The molecule has 0 aliphatic rings. The molecular weight excluding hydrogens is 168 g/mol. The maximum Gasteiger partial charge on any atom is 0.330 e. The first-order chi connectivity index (χ1) is 5.31. The van der Waals surface area contributed by atoms with Crippen LogP contribution < -0.4 is 0 Å². The van der Waals surface area contributed by atoms with Crippen LogP contribution in [0.1, 0.15) is 0 Å². The molecule has 4 heteroatoms. The van der Waals surface area contributed by atoms with Crippen molar-refractivity contribution in [1.29, 1.82) is 0 Å². The van der Waals surface area contributed by atoms with E-state index in [0.29, 0.717) is 0 Å². The van der Waals surface area contributed by atoms with Gasteiger partial charge in [-0.25, -0.2) is 5.26 Å². The fourth-order valence-corrected chi connectivity index (χ4v) is 0.560. The lowest BCUT2D eigenvalue weighted by Gasteiger charge is -1.80. The Morgan fingerprint density at radius 2 is 1.82 bits per heavy atom. The fourth-order valence-electron chi connectivity index (χ4n) is 0.415. The molecule has 1 aromatic carbocycles. The van der Waals surface area contributed by atoms with Gasteiger partial charge in [-0.3, -0.25) is 4.79 Å². The lowest BCUT2D eigenvalue weighted by molar-refractivity contribution is -0.217. The standard InChI is InChI=1S/C6H5Cl.CH2O3/c7-6-4-2-1-3-5-6;2-1-4-3/h1-5H;1,3H. The van der Waals surface area contributed by atoms with Crippen molar-refractivity contribution < 1.29 is 14.9 Å². The van der Waals surface area contributed by atoms with Gasteiger partial charge in [-0.1, -0.05) is 29.8 Å². The Morgan fingerprint density at radius 1 is 1.36 bits per heavy atom. The number of benzene rings is 1. The van der Waals surface area contributed by atoms with E-state index in [1.54, 1.807) is 0 Å². The molecule has 0 saturated heterocycles. The number of hydrogen-bond donors (Lipinski definition) is 1. The molecule has 1 aromatic rings. The molecule has 0 spiro atoms. The summed E-state index contributed by atoms with van der Waals surface area (Å²) in [7, 11) is 0. The summed E-state index contributed by atoms with van der Waals surface area (Å²) in [4.78, 5) is 11.6. The van der Waals surface area contributed by atoms with Crippen molar-refractivity contribution in [2.75, 3.05) is 0 Å². The van der Waals surface area contributed by atoms with E-state index >= 15 is 0 Å². The number of rotatable bonds is 1. The third-order valence-electron chi connectivity index (χ3n) is 0.776. The van der Waals surface area contributed by atoms with Gasteiger partial charge in [-0.05, 0) is 12.1 Å². The third-order valence-corrected chi connectivity index (χ3v) is 1.03. The van der Waals surface area contributed by atoms with E-state index in [1.807, 2.05) is 30.3 Å². The largest absolute Gasteiger partial charge is 0.330 e. The molecule has 0 aromatic heterocycles. The van der Waals surface area contributed by atoms with Gasteiger partial charge >= 0.3 is 6.47 Å². The van der Waals surface area contributed by atoms with Crippen LogP contribution >= 0.6 is 11.6 Å². The zero-order valence-corrected chi connectivity index (χ0v) is 6.36. The van der Waals surface area contributed by atoms with Gasteiger partial charge in [0.1, 0.15) is 0 Å². The second kappa shape index (κ2) is 7.05. The molecule has 0 aliphatic carbocycles. The zero-order chi connectivity index (χ0) is 8.53. The van der Waals surface area contributed by atoms with E-state index in [-0.39, 0.29) is 6.47 Å². The average molecular weight is 175 g/mol. The van der Waals surface area contributed by atoms with Crippen LogP contribution in [0.3, 0.4) is 0 Å². The SMILES string of the molecule is Clc1ccccc1.O=COO. The van der Waals surface area contributed by atoms with Gasteiger partial charge in [0, 0.05) is 5.02 Å². The molecular formula is C7H7ClO3. The fraction of sp³-hybridized carbons (Fsp3) is 0. The number of carbonyl (C=O) groups is 1. The van der Waals surface area contributed by atoms with Crippen molar-refractivity contribution in [3.8, 4) is 0 Å². The summed E-state index contributed by atoms with van der Waals surface area (Å²) >= 11 is 5.54. The summed E-state index contributed by atoms with van der Waals surface area (Å²) in [6, 6.07) is 9.44. The van der Waals surface area contributed by atoms with Crippen LogP contribution in [-0.4, -0.2) is 11.7 Å². The molecule has 0 heterocycles. The molecule has 0 bridgehead atoms. The summed E-state index contributed by atoms with van der Waals surface area (Å²) < 4.78 is 0. The van der Waals surface area contributed by atoms with Gasteiger partial charge in [0.05, 0.1) is 0 Å². The Morgan fingerprint density at radius 3 is 2.00 bits per heavy atom. The molecule has 0 amide bonds. The lowest BCUT2D eigenvalue weighted by atomic mass is 10.4. The molecule has 60 valence electrons. The Balaban J connectivity index is 0.000000218. The second-order valence-corrected chi connectivity index (χ2v) is 1.93. The van der Waals surface area contributed by atoms with E-state index in [0.717, 1.165) is 5.02 Å². The van der Waals surface area contributed by atoms with E-state index < -0.39 is 0 Å². The normalized spacial score (nSPS) is 7.45. The minimum atomic E-state index is -0.0694. The third kappa shape index (κ3) is 6.83. The van der Waals surface area contributed by atoms with Gasteiger partial charge in [0.15, 0.2) is 0 Å². The Hall–Kier alpha value is -1.06. The highest BCUT2D eigenvalue weighted by molar-refractivity contribution is 6.30. The topological polar surface area (TPSA) is 46.5 Å². The van der Waals surface area contributed by atoms with Crippen molar-refractivity contribution in [1.82, 2.24) is 0 Å². The van der Waals surface area contributed by atoms with Gasteiger partial charge in [0.25, 0.3) is 0 Å². The van der Waals surface area contributed by atoms with Crippen LogP contribution in [0.25, 0.3) is 0 Å². The maximum atomic E-state index is 8.70. The molecule has 11 heavy (non-hydrogen) atoms. The average Bonchev–Trinajstić information content (AvgIpc) is 2.07. The smallest absolute Gasteiger partial charge is 0.304 e. The van der Waals surface area contributed by atoms with Crippen LogP contribution in [-0.2, 0) is 9.68 Å². The minimum absolute atomic E-state index is 0.0694. The van der Waals surface area contributed by atoms with Crippen LogP contribution in [0, 0.1) is 0 Å². The van der Waals surface area contributed by atoms with Crippen molar-refractivity contribution in [3.05, 3.63) is 35.4 Å². The molecule has 1 rings (SSSR count). The Bertz CT molecular complexity index is 188. The van der Waals surface area contributed by atoms with Gasteiger partial charge in [0.2, 0.25) is 0 Å². The summed E-state index contributed by atoms with van der Waals surface area (Å²) in [5.41, 5.74) is 0. The van der Waals surface area contributed by atoms with Crippen LogP contribution in [0.5, 0.6) is 0 Å². The van der Waals surface area contributed by atoms with Crippen molar-refractivity contribution >= 4 is 18.1 Å². The van der Waals surface area contributed by atoms with Crippen LogP contribution in [0.4, 0.5) is 0 Å². The molecule has 0 radical (unpaired) electrons. The minimum Gasteiger partial charge on any atom is -0.304 e. The monoisotopic (exact) mass is 174 g/mol. The quantitative estimate of drug-likeness (QED) is 0.402. The lowest BCUT2D eigenvalue weighted by Crippen LogP contribution is -1.69. The van der Waals surface area contributed by atoms with Gasteiger partial charge in [-0.15, -0.1) is 0 Å². The number of hydrogen-bond acceptors (Lipinski definition) is 3. The predicted molar refractivity (Wildman–Crippen MR) is 41.2 cm³/mol. The summed E-state index contributed by atoms with van der Waals surface area (Å²) in [5.74, 6) is 0. The summed E-state index contributed by atoms with van der Waals surface area (Å²) in [6.45, 7) is -0.0694. The second-order valence-electron chi connectivity index (χ2n) is 1.50. The van der Waals surface area contributed by atoms with E-state index in [1.165, 1.54) is 0 Å². The predicted octanol–water partition coefficient (Wildman–Crippen LogP) is 1.97. The molecule has 0 fully saturated rings. The number of carbonyl (C=O) groups excluding carboxylic acids is 1. The van der Waals surface area contributed by atoms with Crippen LogP contribution in [0.2, 0.25) is 5.02 Å². The Kier molecular flexibility index (Phi) is 6.37. The summed E-state index contributed by atoms with van der Waals surface area (Å²) in [5, 5.41) is 7.80. The molecule has 0 saturated carbocycles. The highest BCUT2D eigenvalue weighted by Crippen LogP contribution is 2.03. The molecule has 3 nitrogen and oxygen atoms in total. The van der Waals surface area contributed by atoms with E-state index in [2.05, 4.69) is 4.89 Å². The maximum absolute atomic E-state index is 8.70. The van der Waals surface area contributed by atoms with Crippen molar-refractivity contribution in [2.45, 2.75) is 0 Å². The summed E-state index contributed by atoms with van der Waals surface area (Å²) in [6.07, 6.45) is 0. The first kappa shape index (κ1) is 9.94.